The average Bonchev–Trinajstić information content (AvgIpc) is 3.12. The lowest BCUT2D eigenvalue weighted by atomic mass is 10.1. The number of halogens is 2. The summed E-state index contributed by atoms with van der Waals surface area (Å²) < 4.78 is 29.4. The Bertz CT molecular complexity index is 947. The van der Waals surface area contributed by atoms with Crippen molar-refractivity contribution in [2.75, 3.05) is 5.32 Å². The van der Waals surface area contributed by atoms with Crippen molar-refractivity contribution in [3.8, 4) is 17.1 Å². The van der Waals surface area contributed by atoms with Gasteiger partial charge in [-0.3, -0.25) is 9.89 Å². The first-order chi connectivity index (χ1) is 13.4. The van der Waals surface area contributed by atoms with Gasteiger partial charge in [0, 0.05) is 5.56 Å². The van der Waals surface area contributed by atoms with E-state index in [-0.39, 0.29) is 17.3 Å². The molecule has 3 aromatic rings. The normalized spacial score (nSPS) is 12.0. The van der Waals surface area contributed by atoms with Crippen LogP contribution in [-0.4, -0.2) is 32.9 Å². The number of para-hydroxylation sites is 2. The van der Waals surface area contributed by atoms with Gasteiger partial charge in [-0.1, -0.05) is 53.7 Å². The molecular formula is C19H18F2N4O2S. The zero-order chi connectivity index (χ0) is 20.1. The van der Waals surface area contributed by atoms with Crippen LogP contribution in [0, 0.1) is 6.92 Å². The predicted octanol–water partition coefficient (Wildman–Crippen LogP) is 4.50. The molecule has 28 heavy (non-hydrogen) atoms. The number of benzene rings is 2. The number of anilines is 1. The molecule has 2 N–H and O–H groups in total. The molecule has 6 nitrogen and oxygen atoms in total. The standard InChI is InChI=1S/C19H18F2N4O2S/c1-11-7-9-13(10-8-11)16-23-19(25-24-16)28-12(2)17(26)22-14-5-3-4-6-15(14)27-18(20)21/h3-10,12,18H,1-2H3,(H,22,26)(H,23,24,25)/t12-/m0/s1. The number of hydrogen-bond donors (Lipinski definition) is 2. The zero-order valence-corrected chi connectivity index (χ0v) is 16.0. The van der Waals surface area contributed by atoms with Crippen molar-refractivity contribution in [3.05, 3.63) is 54.1 Å². The Labute approximate surface area is 164 Å². The van der Waals surface area contributed by atoms with E-state index in [9.17, 15) is 13.6 Å². The summed E-state index contributed by atoms with van der Waals surface area (Å²) in [6.07, 6.45) is 0. The van der Waals surface area contributed by atoms with Crippen molar-refractivity contribution in [2.45, 2.75) is 30.9 Å². The molecule has 0 saturated carbocycles. The molecule has 1 aromatic heterocycles. The summed E-state index contributed by atoms with van der Waals surface area (Å²) in [6.45, 7) is 0.702. The number of H-pyrrole nitrogens is 1. The number of aromatic amines is 1. The minimum Gasteiger partial charge on any atom is -0.433 e. The molecule has 1 atom stereocenters. The molecule has 0 aliphatic rings. The van der Waals surface area contributed by atoms with Crippen LogP contribution in [0.5, 0.6) is 5.75 Å². The molecular weight excluding hydrogens is 386 g/mol. The summed E-state index contributed by atoms with van der Waals surface area (Å²) in [6, 6.07) is 13.8. The summed E-state index contributed by atoms with van der Waals surface area (Å²) in [4.78, 5) is 16.8. The van der Waals surface area contributed by atoms with E-state index in [0.717, 1.165) is 22.9 Å². The minimum atomic E-state index is -2.97. The van der Waals surface area contributed by atoms with Crippen LogP contribution in [-0.2, 0) is 4.79 Å². The second kappa shape index (κ2) is 8.83. The van der Waals surface area contributed by atoms with Gasteiger partial charge in [0.1, 0.15) is 5.75 Å². The molecule has 9 heteroatoms. The van der Waals surface area contributed by atoms with E-state index in [0.29, 0.717) is 11.0 Å². The largest absolute Gasteiger partial charge is 0.433 e. The van der Waals surface area contributed by atoms with Gasteiger partial charge in [-0.2, -0.15) is 8.78 Å². The second-order valence-electron chi connectivity index (χ2n) is 5.96. The molecule has 0 saturated heterocycles. The van der Waals surface area contributed by atoms with Crippen LogP contribution < -0.4 is 10.1 Å². The Morgan fingerprint density at radius 1 is 1.18 bits per heavy atom. The number of rotatable bonds is 7. The third-order valence-electron chi connectivity index (χ3n) is 3.80. The Balaban J connectivity index is 1.64. The predicted molar refractivity (Wildman–Crippen MR) is 104 cm³/mol. The molecule has 1 amide bonds. The van der Waals surface area contributed by atoms with Crippen molar-refractivity contribution in [1.82, 2.24) is 15.2 Å². The molecule has 0 radical (unpaired) electrons. The van der Waals surface area contributed by atoms with Gasteiger partial charge >= 0.3 is 6.61 Å². The third-order valence-corrected chi connectivity index (χ3v) is 4.76. The first-order valence-corrected chi connectivity index (χ1v) is 9.31. The van der Waals surface area contributed by atoms with Crippen LogP contribution in [0.1, 0.15) is 12.5 Å². The molecule has 146 valence electrons. The molecule has 0 fully saturated rings. The summed E-state index contributed by atoms with van der Waals surface area (Å²) in [5, 5.41) is 9.43. The number of aromatic nitrogens is 3. The first-order valence-electron chi connectivity index (χ1n) is 8.43. The Kier molecular flexibility index (Phi) is 6.25. The fourth-order valence-electron chi connectivity index (χ4n) is 2.35. The minimum absolute atomic E-state index is 0.0948. The Morgan fingerprint density at radius 2 is 1.89 bits per heavy atom. The van der Waals surface area contributed by atoms with Crippen molar-refractivity contribution in [1.29, 1.82) is 0 Å². The van der Waals surface area contributed by atoms with E-state index < -0.39 is 11.9 Å². The van der Waals surface area contributed by atoms with Gasteiger partial charge in [-0.15, -0.1) is 5.10 Å². The van der Waals surface area contributed by atoms with Crippen molar-refractivity contribution in [2.24, 2.45) is 0 Å². The summed E-state index contributed by atoms with van der Waals surface area (Å²) in [5.41, 5.74) is 2.20. The highest BCUT2D eigenvalue weighted by molar-refractivity contribution is 8.00. The maximum atomic E-state index is 12.5. The number of aryl methyl sites for hydroxylation is 1. The van der Waals surface area contributed by atoms with E-state index in [1.807, 2.05) is 31.2 Å². The molecule has 2 aromatic carbocycles. The summed E-state index contributed by atoms with van der Waals surface area (Å²) >= 11 is 1.15. The molecule has 0 unspecified atom stereocenters. The highest BCUT2D eigenvalue weighted by atomic mass is 32.2. The fraction of sp³-hybridized carbons (Fsp3) is 0.211. The lowest BCUT2D eigenvalue weighted by Gasteiger charge is -2.14. The molecule has 0 aliphatic carbocycles. The van der Waals surface area contributed by atoms with Gasteiger partial charge in [-0.05, 0) is 26.0 Å². The summed E-state index contributed by atoms with van der Waals surface area (Å²) in [7, 11) is 0. The smallest absolute Gasteiger partial charge is 0.387 e. The fourth-order valence-corrected chi connectivity index (χ4v) is 3.08. The molecule has 0 spiro atoms. The average molecular weight is 404 g/mol. The first kappa shape index (κ1) is 19.8. The van der Waals surface area contributed by atoms with Crippen molar-refractivity contribution < 1.29 is 18.3 Å². The van der Waals surface area contributed by atoms with Gasteiger partial charge < -0.3 is 10.1 Å². The molecule has 3 rings (SSSR count). The second-order valence-corrected chi connectivity index (χ2v) is 7.26. The van der Waals surface area contributed by atoms with Gasteiger partial charge in [0.15, 0.2) is 5.82 Å². The number of hydrogen-bond acceptors (Lipinski definition) is 5. The number of nitrogens with zero attached hydrogens (tertiary/aromatic N) is 2. The van der Waals surface area contributed by atoms with Crippen LogP contribution in [0.15, 0.2) is 53.7 Å². The quantitative estimate of drug-likeness (QED) is 0.567. The number of alkyl halides is 2. The van der Waals surface area contributed by atoms with Gasteiger partial charge in [0.25, 0.3) is 0 Å². The van der Waals surface area contributed by atoms with E-state index >= 15 is 0 Å². The number of nitrogens with one attached hydrogen (secondary N) is 2. The Morgan fingerprint density at radius 3 is 2.61 bits per heavy atom. The van der Waals surface area contributed by atoms with Crippen LogP contribution >= 0.6 is 11.8 Å². The van der Waals surface area contributed by atoms with E-state index in [1.54, 1.807) is 19.1 Å². The lowest BCUT2D eigenvalue weighted by molar-refractivity contribution is -0.115. The molecule has 0 aliphatic heterocycles. The zero-order valence-electron chi connectivity index (χ0n) is 15.1. The number of carbonyl (C=O) groups is 1. The SMILES string of the molecule is Cc1ccc(-c2nc(S[C@@H](C)C(=O)Nc3ccccc3OC(F)F)n[nH]2)cc1. The van der Waals surface area contributed by atoms with Gasteiger partial charge in [0.05, 0.1) is 10.9 Å². The van der Waals surface area contributed by atoms with E-state index in [1.165, 1.54) is 12.1 Å². The number of carbonyl (C=O) groups excluding carboxylic acids is 1. The topological polar surface area (TPSA) is 79.9 Å². The Hall–Kier alpha value is -2.94. The van der Waals surface area contributed by atoms with E-state index in [4.69, 9.17) is 0 Å². The molecule has 1 heterocycles. The summed E-state index contributed by atoms with van der Waals surface area (Å²) in [5.74, 6) is 0.130. The van der Waals surface area contributed by atoms with Crippen LogP contribution in [0.25, 0.3) is 11.4 Å². The maximum Gasteiger partial charge on any atom is 0.387 e. The maximum absolute atomic E-state index is 12.5. The number of thioether (sulfide) groups is 1. The van der Waals surface area contributed by atoms with Crippen molar-refractivity contribution in [3.63, 3.8) is 0 Å². The van der Waals surface area contributed by atoms with Crippen LogP contribution in [0.4, 0.5) is 14.5 Å². The van der Waals surface area contributed by atoms with Crippen LogP contribution in [0.2, 0.25) is 0 Å². The molecule has 0 bridgehead atoms. The number of ether oxygens (including phenoxy) is 1. The highest BCUT2D eigenvalue weighted by Crippen LogP contribution is 2.28. The third kappa shape index (κ3) is 5.07. The van der Waals surface area contributed by atoms with Gasteiger partial charge in [-0.25, -0.2) is 4.98 Å². The van der Waals surface area contributed by atoms with Gasteiger partial charge in [0.2, 0.25) is 11.1 Å². The number of amides is 1. The van der Waals surface area contributed by atoms with Crippen molar-refractivity contribution >= 4 is 23.4 Å². The van der Waals surface area contributed by atoms with Crippen LogP contribution in [0.3, 0.4) is 0 Å². The lowest BCUT2D eigenvalue weighted by Crippen LogP contribution is -2.23. The monoisotopic (exact) mass is 404 g/mol. The highest BCUT2D eigenvalue weighted by Gasteiger charge is 2.19. The van der Waals surface area contributed by atoms with E-state index in [2.05, 4.69) is 25.2 Å².